The van der Waals surface area contributed by atoms with E-state index < -0.39 is 6.29 Å². The van der Waals surface area contributed by atoms with E-state index in [4.69, 9.17) is 19.6 Å². The fraction of sp³-hybridized carbons (Fsp3) is 0.895. The maximum Gasteiger partial charge on any atom is 0.224 e. The fourth-order valence-corrected chi connectivity index (χ4v) is 1.82. The van der Waals surface area contributed by atoms with Crippen LogP contribution in [-0.2, 0) is 19.6 Å². The lowest BCUT2D eigenvalue weighted by molar-refractivity contribution is -0.497. The standard InChI is InChI=1S/C19H38O4/c1-8-9-10-11-12-13-14-15-16-17(20-22-18(2,3)4)21-23-19(5,6)7/h8,17H,1,9-16H2,2-7H3. The highest BCUT2D eigenvalue weighted by molar-refractivity contribution is 4.65. The molecule has 0 atom stereocenters. The van der Waals surface area contributed by atoms with Gasteiger partial charge < -0.3 is 0 Å². The van der Waals surface area contributed by atoms with Crippen molar-refractivity contribution in [1.29, 1.82) is 0 Å². The molecule has 23 heavy (non-hydrogen) atoms. The van der Waals surface area contributed by atoms with E-state index in [2.05, 4.69) is 6.58 Å². The number of hydrogen-bond donors (Lipinski definition) is 0. The third-order valence-corrected chi connectivity index (χ3v) is 2.91. The van der Waals surface area contributed by atoms with Crippen LogP contribution in [0.3, 0.4) is 0 Å². The Labute approximate surface area is 143 Å². The first kappa shape index (κ1) is 22.6. The lowest BCUT2D eigenvalue weighted by atomic mass is 10.1. The highest BCUT2D eigenvalue weighted by Gasteiger charge is 2.21. The number of hydrogen-bond acceptors (Lipinski definition) is 4. The van der Waals surface area contributed by atoms with Gasteiger partial charge in [-0.25, -0.2) is 19.6 Å². The van der Waals surface area contributed by atoms with Crippen molar-refractivity contribution in [3.8, 4) is 0 Å². The average Bonchev–Trinajstić information content (AvgIpc) is 2.41. The predicted octanol–water partition coefficient (Wildman–Crippen LogP) is 6.11. The van der Waals surface area contributed by atoms with Crippen LogP contribution in [0.1, 0.15) is 92.9 Å². The lowest BCUT2D eigenvalue weighted by Crippen LogP contribution is -2.29. The molecule has 0 aliphatic rings. The molecule has 0 unspecified atom stereocenters. The van der Waals surface area contributed by atoms with Crippen molar-refractivity contribution in [3.05, 3.63) is 12.7 Å². The van der Waals surface area contributed by atoms with Gasteiger partial charge in [0.2, 0.25) is 6.29 Å². The molecule has 0 saturated heterocycles. The van der Waals surface area contributed by atoms with Crippen molar-refractivity contribution in [3.63, 3.8) is 0 Å². The van der Waals surface area contributed by atoms with Crippen molar-refractivity contribution >= 4 is 0 Å². The average molecular weight is 331 g/mol. The Bertz CT molecular complexity index is 271. The Kier molecular flexibility index (Phi) is 11.8. The van der Waals surface area contributed by atoms with Crippen LogP contribution in [0.2, 0.25) is 0 Å². The molecule has 0 aromatic rings. The van der Waals surface area contributed by atoms with E-state index in [1.54, 1.807) is 0 Å². The van der Waals surface area contributed by atoms with E-state index in [0.717, 1.165) is 19.3 Å². The smallest absolute Gasteiger partial charge is 0.224 e. The Balaban J connectivity index is 3.93. The van der Waals surface area contributed by atoms with Gasteiger partial charge in [-0.1, -0.05) is 31.8 Å². The summed E-state index contributed by atoms with van der Waals surface area (Å²) in [5, 5.41) is 0. The SMILES string of the molecule is C=CCCCCCCCCC(OOC(C)(C)C)OOC(C)(C)C. The summed E-state index contributed by atoms with van der Waals surface area (Å²) in [4.78, 5) is 21.5. The predicted molar refractivity (Wildman–Crippen MR) is 94.8 cm³/mol. The molecule has 4 heteroatoms. The van der Waals surface area contributed by atoms with Crippen LogP contribution >= 0.6 is 0 Å². The molecule has 0 bridgehead atoms. The Morgan fingerprint density at radius 1 is 0.739 bits per heavy atom. The van der Waals surface area contributed by atoms with Gasteiger partial charge in [-0.3, -0.25) is 0 Å². The molecule has 0 radical (unpaired) electrons. The summed E-state index contributed by atoms with van der Waals surface area (Å²) in [7, 11) is 0. The van der Waals surface area contributed by atoms with Gasteiger partial charge in [0.05, 0.1) is 11.2 Å². The molecule has 0 aliphatic heterocycles. The highest BCUT2D eigenvalue weighted by Crippen LogP contribution is 2.18. The molecule has 0 fully saturated rings. The quantitative estimate of drug-likeness (QED) is 0.134. The molecular formula is C19H38O4. The zero-order valence-corrected chi connectivity index (χ0v) is 16.2. The first-order chi connectivity index (χ1) is 10.6. The van der Waals surface area contributed by atoms with Crippen molar-refractivity contribution in [2.75, 3.05) is 0 Å². The van der Waals surface area contributed by atoms with Crippen LogP contribution < -0.4 is 0 Å². The monoisotopic (exact) mass is 330 g/mol. The Morgan fingerprint density at radius 3 is 1.61 bits per heavy atom. The lowest BCUT2D eigenvalue weighted by Gasteiger charge is -2.25. The molecule has 0 aromatic carbocycles. The van der Waals surface area contributed by atoms with Crippen LogP contribution in [0.5, 0.6) is 0 Å². The van der Waals surface area contributed by atoms with Crippen molar-refractivity contribution in [2.24, 2.45) is 0 Å². The first-order valence-electron chi connectivity index (χ1n) is 8.94. The van der Waals surface area contributed by atoms with Crippen molar-refractivity contribution in [2.45, 2.75) is 110 Å². The minimum absolute atomic E-state index is 0.367. The Hall–Kier alpha value is -0.420. The first-order valence-corrected chi connectivity index (χ1v) is 8.94. The second kappa shape index (κ2) is 12.0. The summed E-state index contributed by atoms with van der Waals surface area (Å²) in [6.07, 6.45) is 10.6. The van der Waals surface area contributed by atoms with Gasteiger partial charge in [0.25, 0.3) is 0 Å². The van der Waals surface area contributed by atoms with E-state index >= 15 is 0 Å². The molecule has 138 valence electrons. The Morgan fingerprint density at radius 2 is 1.17 bits per heavy atom. The van der Waals surface area contributed by atoms with Gasteiger partial charge in [-0.15, -0.1) is 6.58 Å². The van der Waals surface area contributed by atoms with Gasteiger partial charge >= 0.3 is 0 Å². The molecular weight excluding hydrogens is 292 g/mol. The van der Waals surface area contributed by atoms with E-state index in [9.17, 15) is 0 Å². The summed E-state index contributed by atoms with van der Waals surface area (Å²) in [6.45, 7) is 15.4. The van der Waals surface area contributed by atoms with Gasteiger partial charge in [-0.2, -0.15) is 0 Å². The third kappa shape index (κ3) is 17.8. The van der Waals surface area contributed by atoms with Gasteiger partial charge in [0.15, 0.2) is 0 Å². The second-order valence-electron chi connectivity index (χ2n) is 8.00. The second-order valence-corrected chi connectivity index (χ2v) is 8.00. The minimum atomic E-state index is -0.491. The van der Waals surface area contributed by atoms with Gasteiger partial charge in [-0.05, 0) is 60.8 Å². The summed E-state index contributed by atoms with van der Waals surface area (Å²) in [5.74, 6) is 0. The van der Waals surface area contributed by atoms with E-state index in [0.29, 0.717) is 0 Å². The van der Waals surface area contributed by atoms with Crippen LogP contribution in [0.25, 0.3) is 0 Å². The fourth-order valence-electron chi connectivity index (χ4n) is 1.82. The van der Waals surface area contributed by atoms with Crippen LogP contribution in [0, 0.1) is 0 Å². The van der Waals surface area contributed by atoms with Gasteiger partial charge in [0.1, 0.15) is 0 Å². The van der Waals surface area contributed by atoms with E-state index in [1.807, 2.05) is 47.6 Å². The number of rotatable bonds is 13. The molecule has 0 heterocycles. The molecule has 0 rings (SSSR count). The van der Waals surface area contributed by atoms with E-state index in [-0.39, 0.29) is 11.2 Å². The summed E-state index contributed by atoms with van der Waals surface area (Å²) in [6, 6.07) is 0. The van der Waals surface area contributed by atoms with Crippen LogP contribution in [0.15, 0.2) is 12.7 Å². The largest absolute Gasteiger partial charge is 0.228 e. The summed E-state index contributed by atoms with van der Waals surface area (Å²) >= 11 is 0. The minimum Gasteiger partial charge on any atom is -0.228 e. The van der Waals surface area contributed by atoms with Crippen LogP contribution in [0.4, 0.5) is 0 Å². The molecule has 0 amide bonds. The van der Waals surface area contributed by atoms with Crippen LogP contribution in [-0.4, -0.2) is 17.5 Å². The molecule has 4 nitrogen and oxygen atoms in total. The zero-order chi connectivity index (χ0) is 17.8. The van der Waals surface area contributed by atoms with Crippen molar-refractivity contribution in [1.82, 2.24) is 0 Å². The van der Waals surface area contributed by atoms with Gasteiger partial charge in [0, 0.05) is 6.42 Å². The normalized spacial score (nSPS) is 12.8. The number of unbranched alkanes of at least 4 members (excludes halogenated alkanes) is 6. The highest BCUT2D eigenvalue weighted by atomic mass is 17.3. The molecule has 0 aromatic heterocycles. The zero-order valence-electron chi connectivity index (χ0n) is 16.2. The molecule has 0 spiro atoms. The van der Waals surface area contributed by atoms with Crippen molar-refractivity contribution < 1.29 is 19.6 Å². The van der Waals surface area contributed by atoms with E-state index in [1.165, 1.54) is 32.1 Å². The molecule has 0 aliphatic carbocycles. The summed E-state index contributed by atoms with van der Waals surface area (Å²) < 4.78 is 0. The molecule has 0 N–H and O–H groups in total. The number of allylic oxidation sites excluding steroid dienone is 1. The maximum absolute atomic E-state index is 5.40. The summed E-state index contributed by atoms with van der Waals surface area (Å²) in [5.41, 5.74) is -0.733. The maximum atomic E-state index is 5.40. The molecule has 0 saturated carbocycles. The topological polar surface area (TPSA) is 36.9 Å². The third-order valence-electron chi connectivity index (χ3n) is 2.91.